The summed E-state index contributed by atoms with van der Waals surface area (Å²) in [6.45, 7) is 1.53. The van der Waals surface area contributed by atoms with E-state index in [1.807, 2.05) is 0 Å². The second-order valence-electron chi connectivity index (χ2n) is 3.19. The van der Waals surface area contributed by atoms with Crippen molar-refractivity contribution in [3.63, 3.8) is 0 Å². The summed E-state index contributed by atoms with van der Waals surface area (Å²) in [6.07, 6.45) is 0. The first-order valence-electron chi connectivity index (χ1n) is 4.38. The molecule has 0 aliphatic carbocycles. The van der Waals surface area contributed by atoms with E-state index >= 15 is 0 Å². The molecule has 1 aromatic rings. The van der Waals surface area contributed by atoms with Crippen LogP contribution in [0.15, 0.2) is 18.2 Å². The Bertz CT molecular complexity index is 368. The van der Waals surface area contributed by atoms with Crippen LogP contribution in [0.25, 0.3) is 0 Å². The third-order valence-corrected chi connectivity index (χ3v) is 1.82. The molecule has 82 valence electrons. The van der Waals surface area contributed by atoms with Crippen molar-refractivity contribution in [2.75, 3.05) is 6.61 Å². The van der Waals surface area contributed by atoms with Gasteiger partial charge in [0, 0.05) is 0 Å². The fourth-order valence-electron chi connectivity index (χ4n) is 0.972. The molecule has 0 saturated heterocycles. The zero-order valence-corrected chi connectivity index (χ0v) is 8.24. The molecule has 0 spiro atoms. The summed E-state index contributed by atoms with van der Waals surface area (Å²) in [5.74, 6) is -1.69. The Morgan fingerprint density at radius 3 is 2.93 bits per heavy atom. The SMILES string of the molecule is Cc1ccc(F)c(OCC(N)C(=O)O)c1. The number of halogens is 1. The van der Waals surface area contributed by atoms with Gasteiger partial charge in [0.05, 0.1) is 0 Å². The van der Waals surface area contributed by atoms with Crippen LogP contribution in [0.3, 0.4) is 0 Å². The standard InChI is InChI=1S/C10H12FNO3/c1-6-2-3-7(11)9(4-6)15-5-8(12)10(13)14/h2-4,8H,5,12H2,1H3,(H,13,14). The number of ether oxygens (including phenoxy) is 1. The predicted molar refractivity (Wildman–Crippen MR) is 52.2 cm³/mol. The highest BCUT2D eigenvalue weighted by Gasteiger charge is 2.13. The molecule has 1 aromatic carbocycles. The zero-order chi connectivity index (χ0) is 11.4. The van der Waals surface area contributed by atoms with Crippen molar-refractivity contribution in [2.45, 2.75) is 13.0 Å². The van der Waals surface area contributed by atoms with E-state index in [1.54, 1.807) is 13.0 Å². The third kappa shape index (κ3) is 3.21. The van der Waals surface area contributed by atoms with Crippen molar-refractivity contribution in [3.05, 3.63) is 29.6 Å². The van der Waals surface area contributed by atoms with E-state index in [9.17, 15) is 9.18 Å². The topological polar surface area (TPSA) is 72.5 Å². The van der Waals surface area contributed by atoms with Gasteiger partial charge in [-0.25, -0.2) is 4.39 Å². The summed E-state index contributed by atoms with van der Waals surface area (Å²) in [5, 5.41) is 8.49. The number of carbonyl (C=O) groups is 1. The minimum Gasteiger partial charge on any atom is -0.488 e. The first-order valence-corrected chi connectivity index (χ1v) is 4.38. The fraction of sp³-hybridized carbons (Fsp3) is 0.300. The molecule has 0 aliphatic heterocycles. The highest BCUT2D eigenvalue weighted by molar-refractivity contribution is 5.73. The van der Waals surface area contributed by atoms with Gasteiger partial charge in [0.15, 0.2) is 11.6 Å². The first-order chi connectivity index (χ1) is 7.00. The van der Waals surface area contributed by atoms with E-state index in [0.29, 0.717) is 0 Å². The van der Waals surface area contributed by atoms with Crippen LogP contribution in [0.4, 0.5) is 4.39 Å². The molecule has 0 radical (unpaired) electrons. The van der Waals surface area contributed by atoms with Gasteiger partial charge in [-0.3, -0.25) is 4.79 Å². The molecular formula is C10H12FNO3. The van der Waals surface area contributed by atoms with E-state index in [1.165, 1.54) is 12.1 Å². The molecule has 4 nitrogen and oxygen atoms in total. The van der Waals surface area contributed by atoms with Crippen LogP contribution >= 0.6 is 0 Å². The minimum absolute atomic E-state index is 0.0201. The van der Waals surface area contributed by atoms with Crippen LogP contribution in [0, 0.1) is 12.7 Å². The van der Waals surface area contributed by atoms with Gasteiger partial charge in [-0.05, 0) is 24.6 Å². The lowest BCUT2D eigenvalue weighted by atomic mass is 10.2. The number of carboxylic acids is 1. The minimum atomic E-state index is -1.18. The summed E-state index contributed by atoms with van der Waals surface area (Å²) in [6, 6.07) is 3.20. The lowest BCUT2D eigenvalue weighted by Gasteiger charge is -2.10. The van der Waals surface area contributed by atoms with Crippen LogP contribution in [0.1, 0.15) is 5.56 Å². The number of nitrogens with two attached hydrogens (primary N) is 1. The Morgan fingerprint density at radius 2 is 2.33 bits per heavy atom. The summed E-state index contributed by atoms with van der Waals surface area (Å²) in [7, 11) is 0. The second kappa shape index (κ2) is 4.75. The maximum Gasteiger partial charge on any atom is 0.324 e. The first kappa shape index (κ1) is 11.5. The lowest BCUT2D eigenvalue weighted by molar-refractivity contribution is -0.139. The third-order valence-electron chi connectivity index (χ3n) is 1.82. The van der Waals surface area contributed by atoms with Crippen LogP contribution < -0.4 is 10.5 Å². The maximum atomic E-state index is 13.1. The molecule has 0 saturated carbocycles. The van der Waals surface area contributed by atoms with Gasteiger partial charge in [-0.1, -0.05) is 6.07 Å². The smallest absolute Gasteiger partial charge is 0.324 e. The van der Waals surface area contributed by atoms with E-state index in [4.69, 9.17) is 15.6 Å². The zero-order valence-electron chi connectivity index (χ0n) is 8.24. The molecule has 15 heavy (non-hydrogen) atoms. The van der Waals surface area contributed by atoms with Crippen LogP contribution in [-0.4, -0.2) is 23.7 Å². The highest BCUT2D eigenvalue weighted by atomic mass is 19.1. The Labute approximate surface area is 86.5 Å². The average molecular weight is 213 g/mol. The number of benzene rings is 1. The molecule has 0 heterocycles. The molecule has 0 amide bonds. The van der Waals surface area contributed by atoms with Crippen LogP contribution in [0.2, 0.25) is 0 Å². The van der Waals surface area contributed by atoms with Crippen molar-refractivity contribution in [1.29, 1.82) is 0 Å². The number of rotatable bonds is 4. The molecule has 3 N–H and O–H groups in total. The Hall–Kier alpha value is -1.62. The number of hydrogen-bond donors (Lipinski definition) is 2. The van der Waals surface area contributed by atoms with Gasteiger partial charge in [0.2, 0.25) is 0 Å². The van der Waals surface area contributed by atoms with Crippen molar-refractivity contribution in [1.82, 2.24) is 0 Å². The van der Waals surface area contributed by atoms with Crippen molar-refractivity contribution >= 4 is 5.97 Å². The lowest BCUT2D eigenvalue weighted by Crippen LogP contribution is -2.36. The molecule has 0 fully saturated rings. The highest BCUT2D eigenvalue weighted by Crippen LogP contribution is 2.18. The normalized spacial score (nSPS) is 12.2. The number of carboxylic acid groups (broad SMARTS) is 1. The van der Waals surface area contributed by atoms with E-state index < -0.39 is 17.8 Å². The fourth-order valence-corrected chi connectivity index (χ4v) is 0.972. The van der Waals surface area contributed by atoms with Gasteiger partial charge in [-0.2, -0.15) is 0 Å². The quantitative estimate of drug-likeness (QED) is 0.780. The number of hydrogen-bond acceptors (Lipinski definition) is 3. The van der Waals surface area contributed by atoms with Gasteiger partial charge in [0.1, 0.15) is 12.6 Å². The van der Waals surface area contributed by atoms with E-state index in [2.05, 4.69) is 0 Å². The Balaban J connectivity index is 2.65. The van der Waals surface area contributed by atoms with Crippen molar-refractivity contribution in [3.8, 4) is 5.75 Å². The molecule has 1 unspecified atom stereocenters. The van der Waals surface area contributed by atoms with Gasteiger partial charge >= 0.3 is 5.97 Å². The molecule has 5 heteroatoms. The van der Waals surface area contributed by atoms with Gasteiger partial charge < -0.3 is 15.6 Å². The molecule has 1 rings (SSSR count). The Kier molecular flexibility index (Phi) is 3.62. The summed E-state index contributed by atoms with van der Waals surface area (Å²) in [4.78, 5) is 10.4. The molecule has 0 bridgehead atoms. The van der Waals surface area contributed by atoms with Crippen LogP contribution in [-0.2, 0) is 4.79 Å². The van der Waals surface area contributed by atoms with E-state index in [-0.39, 0.29) is 12.4 Å². The van der Waals surface area contributed by atoms with Gasteiger partial charge in [0.25, 0.3) is 0 Å². The average Bonchev–Trinajstić information content (AvgIpc) is 2.18. The second-order valence-corrected chi connectivity index (χ2v) is 3.19. The number of aryl methyl sites for hydroxylation is 1. The van der Waals surface area contributed by atoms with E-state index in [0.717, 1.165) is 5.56 Å². The summed E-state index contributed by atoms with van der Waals surface area (Å²) < 4.78 is 18.1. The Morgan fingerprint density at radius 1 is 1.67 bits per heavy atom. The summed E-state index contributed by atoms with van der Waals surface area (Å²) in [5.41, 5.74) is 6.03. The van der Waals surface area contributed by atoms with Gasteiger partial charge in [-0.15, -0.1) is 0 Å². The molecular weight excluding hydrogens is 201 g/mol. The molecule has 1 atom stereocenters. The summed E-state index contributed by atoms with van der Waals surface area (Å²) >= 11 is 0. The molecule has 0 aromatic heterocycles. The monoisotopic (exact) mass is 213 g/mol. The van der Waals surface area contributed by atoms with Crippen LogP contribution in [0.5, 0.6) is 5.75 Å². The largest absolute Gasteiger partial charge is 0.488 e. The van der Waals surface area contributed by atoms with Crippen molar-refractivity contribution < 1.29 is 19.0 Å². The predicted octanol–water partition coefficient (Wildman–Crippen LogP) is 0.925. The maximum absolute atomic E-state index is 13.1. The molecule has 0 aliphatic rings. The number of aliphatic carboxylic acids is 1. The van der Waals surface area contributed by atoms with Crippen molar-refractivity contribution in [2.24, 2.45) is 5.73 Å².